The molecule has 2 rings (SSSR count). The lowest BCUT2D eigenvalue weighted by molar-refractivity contribution is 0.480. The van der Waals surface area contributed by atoms with Crippen molar-refractivity contribution in [3.05, 3.63) is 53.6 Å². The molecule has 5 heteroatoms. The van der Waals surface area contributed by atoms with E-state index >= 15 is 0 Å². The van der Waals surface area contributed by atoms with Crippen LogP contribution in [0.4, 0.5) is 8.78 Å². The standard InChI is InChI=1S/C13H15F2N3/c1-16-11(8-12-17-6-7-18(12)2)13-9(14)4-3-5-10(13)15/h3-7,11,16H,8H2,1-2H3. The Morgan fingerprint density at radius 2 is 2.00 bits per heavy atom. The van der Waals surface area contributed by atoms with Crippen LogP contribution in [-0.4, -0.2) is 16.6 Å². The van der Waals surface area contributed by atoms with Gasteiger partial charge < -0.3 is 9.88 Å². The Bertz CT molecular complexity index is 517. The molecule has 0 bridgehead atoms. The molecule has 1 aromatic carbocycles. The third kappa shape index (κ3) is 2.41. The molecule has 0 spiro atoms. The van der Waals surface area contributed by atoms with Gasteiger partial charge in [-0.15, -0.1) is 0 Å². The molecule has 2 aromatic rings. The van der Waals surface area contributed by atoms with Gasteiger partial charge in [-0.2, -0.15) is 0 Å². The SMILES string of the molecule is CNC(Cc1nccn1C)c1c(F)cccc1F. The first kappa shape index (κ1) is 12.7. The number of hydrogen-bond acceptors (Lipinski definition) is 2. The third-order valence-corrected chi connectivity index (χ3v) is 3.00. The average molecular weight is 251 g/mol. The van der Waals surface area contributed by atoms with Crippen LogP contribution in [0, 0.1) is 11.6 Å². The summed E-state index contributed by atoms with van der Waals surface area (Å²) in [6.45, 7) is 0. The Morgan fingerprint density at radius 1 is 1.33 bits per heavy atom. The molecule has 0 aliphatic heterocycles. The normalized spacial score (nSPS) is 12.7. The van der Waals surface area contributed by atoms with E-state index in [9.17, 15) is 8.78 Å². The highest BCUT2D eigenvalue weighted by atomic mass is 19.1. The van der Waals surface area contributed by atoms with E-state index in [-0.39, 0.29) is 5.56 Å². The maximum atomic E-state index is 13.7. The summed E-state index contributed by atoms with van der Waals surface area (Å²) < 4.78 is 29.3. The molecule has 0 fully saturated rings. The summed E-state index contributed by atoms with van der Waals surface area (Å²) in [5.41, 5.74) is 0.0583. The number of hydrogen-bond donors (Lipinski definition) is 1. The lowest BCUT2D eigenvalue weighted by Crippen LogP contribution is -2.22. The monoisotopic (exact) mass is 251 g/mol. The number of imidazole rings is 1. The Kier molecular flexibility index (Phi) is 3.72. The quantitative estimate of drug-likeness (QED) is 0.902. The van der Waals surface area contributed by atoms with Crippen LogP contribution >= 0.6 is 0 Å². The maximum Gasteiger partial charge on any atom is 0.130 e. The summed E-state index contributed by atoms with van der Waals surface area (Å²) in [6.07, 6.45) is 3.90. The van der Waals surface area contributed by atoms with Crippen molar-refractivity contribution in [1.82, 2.24) is 14.9 Å². The van der Waals surface area contributed by atoms with Crippen molar-refractivity contribution in [2.24, 2.45) is 7.05 Å². The molecule has 0 aliphatic rings. The minimum absolute atomic E-state index is 0.0583. The molecule has 1 N–H and O–H groups in total. The van der Waals surface area contributed by atoms with E-state index in [1.54, 1.807) is 19.4 Å². The summed E-state index contributed by atoms with van der Waals surface area (Å²) in [7, 11) is 3.53. The zero-order valence-corrected chi connectivity index (χ0v) is 10.3. The second-order valence-electron chi connectivity index (χ2n) is 4.14. The molecular weight excluding hydrogens is 236 g/mol. The van der Waals surface area contributed by atoms with E-state index in [2.05, 4.69) is 10.3 Å². The molecule has 1 aromatic heterocycles. The van der Waals surface area contributed by atoms with E-state index in [1.165, 1.54) is 18.2 Å². The zero-order chi connectivity index (χ0) is 13.1. The van der Waals surface area contributed by atoms with Crippen molar-refractivity contribution in [3.8, 4) is 0 Å². The maximum absolute atomic E-state index is 13.7. The van der Waals surface area contributed by atoms with Gasteiger partial charge in [0.2, 0.25) is 0 Å². The highest BCUT2D eigenvalue weighted by Crippen LogP contribution is 2.23. The minimum atomic E-state index is -0.538. The first-order valence-corrected chi connectivity index (χ1v) is 5.71. The van der Waals surface area contributed by atoms with Crippen molar-refractivity contribution in [1.29, 1.82) is 0 Å². The van der Waals surface area contributed by atoms with Crippen LogP contribution in [0.3, 0.4) is 0 Å². The van der Waals surface area contributed by atoms with Gasteiger partial charge in [0.1, 0.15) is 17.5 Å². The van der Waals surface area contributed by atoms with Crippen LogP contribution < -0.4 is 5.32 Å². The second kappa shape index (κ2) is 5.27. The molecular formula is C13H15F2N3. The Balaban J connectivity index is 2.32. The highest BCUT2D eigenvalue weighted by Gasteiger charge is 2.20. The van der Waals surface area contributed by atoms with Crippen LogP contribution in [0.15, 0.2) is 30.6 Å². The highest BCUT2D eigenvalue weighted by molar-refractivity contribution is 5.24. The molecule has 96 valence electrons. The van der Waals surface area contributed by atoms with Gasteiger partial charge in [-0.3, -0.25) is 0 Å². The molecule has 0 radical (unpaired) electrons. The number of rotatable bonds is 4. The number of benzene rings is 1. The van der Waals surface area contributed by atoms with Gasteiger partial charge in [0.15, 0.2) is 0 Å². The predicted molar refractivity (Wildman–Crippen MR) is 65.1 cm³/mol. The zero-order valence-electron chi connectivity index (χ0n) is 10.3. The summed E-state index contributed by atoms with van der Waals surface area (Å²) in [5.74, 6) is -0.302. The van der Waals surface area contributed by atoms with E-state index in [0.29, 0.717) is 6.42 Å². The molecule has 1 unspecified atom stereocenters. The van der Waals surface area contributed by atoms with Crippen molar-refractivity contribution < 1.29 is 8.78 Å². The lowest BCUT2D eigenvalue weighted by atomic mass is 10.0. The first-order chi connectivity index (χ1) is 8.63. The number of likely N-dealkylation sites (N-methyl/N-ethyl adjacent to an activating group) is 1. The van der Waals surface area contributed by atoms with Gasteiger partial charge in [0.05, 0.1) is 0 Å². The minimum Gasteiger partial charge on any atom is -0.338 e. The Morgan fingerprint density at radius 3 is 2.50 bits per heavy atom. The third-order valence-electron chi connectivity index (χ3n) is 3.00. The van der Waals surface area contributed by atoms with Gasteiger partial charge in [0.25, 0.3) is 0 Å². The lowest BCUT2D eigenvalue weighted by Gasteiger charge is -2.17. The van der Waals surface area contributed by atoms with E-state index in [1.807, 2.05) is 11.6 Å². The molecule has 0 saturated carbocycles. The Hall–Kier alpha value is -1.75. The van der Waals surface area contributed by atoms with Crippen molar-refractivity contribution in [2.45, 2.75) is 12.5 Å². The van der Waals surface area contributed by atoms with Crippen molar-refractivity contribution in [3.63, 3.8) is 0 Å². The number of aryl methyl sites for hydroxylation is 1. The smallest absolute Gasteiger partial charge is 0.130 e. The van der Waals surface area contributed by atoms with E-state index in [4.69, 9.17) is 0 Å². The van der Waals surface area contributed by atoms with Gasteiger partial charge in [-0.1, -0.05) is 6.07 Å². The molecule has 0 amide bonds. The second-order valence-corrected chi connectivity index (χ2v) is 4.14. The fraction of sp³-hybridized carbons (Fsp3) is 0.308. The fourth-order valence-corrected chi connectivity index (χ4v) is 1.97. The molecule has 1 heterocycles. The number of halogens is 2. The summed E-state index contributed by atoms with van der Waals surface area (Å²) in [5, 5.41) is 2.93. The van der Waals surface area contributed by atoms with Crippen LogP contribution in [0.25, 0.3) is 0 Å². The largest absolute Gasteiger partial charge is 0.338 e. The van der Waals surface area contributed by atoms with Crippen LogP contribution in [-0.2, 0) is 13.5 Å². The summed E-state index contributed by atoms with van der Waals surface area (Å²) >= 11 is 0. The number of nitrogens with one attached hydrogen (secondary N) is 1. The van der Waals surface area contributed by atoms with Gasteiger partial charge >= 0.3 is 0 Å². The number of nitrogens with zero attached hydrogens (tertiary/aromatic N) is 2. The topological polar surface area (TPSA) is 29.9 Å². The van der Waals surface area contributed by atoms with E-state index < -0.39 is 17.7 Å². The summed E-state index contributed by atoms with van der Waals surface area (Å²) in [4.78, 5) is 4.17. The van der Waals surface area contributed by atoms with Crippen molar-refractivity contribution in [2.75, 3.05) is 7.05 Å². The first-order valence-electron chi connectivity index (χ1n) is 5.71. The van der Waals surface area contributed by atoms with E-state index in [0.717, 1.165) is 5.82 Å². The van der Waals surface area contributed by atoms with Crippen molar-refractivity contribution >= 4 is 0 Å². The molecule has 18 heavy (non-hydrogen) atoms. The van der Waals surface area contributed by atoms with Gasteiger partial charge in [-0.05, 0) is 19.2 Å². The van der Waals surface area contributed by atoms with Crippen LogP contribution in [0.5, 0.6) is 0 Å². The van der Waals surface area contributed by atoms with Gasteiger partial charge in [-0.25, -0.2) is 13.8 Å². The molecule has 3 nitrogen and oxygen atoms in total. The molecule has 0 aliphatic carbocycles. The van der Waals surface area contributed by atoms with Crippen LogP contribution in [0.2, 0.25) is 0 Å². The Labute approximate surface area is 104 Å². The fourth-order valence-electron chi connectivity index (χ4n) is 1.97. The molecule has 1 atom stereocenters. The van der Waals surface area contributed by atoms with Crippen LogP contribution in [0.1, 0.15) is 17.4 Å². The predicted octanol–water partition coefficient (Wildman–Crippen LogP) is 2.20. The van der Waals surface area contributed by atoms with Gasteiger partial charge in [0, 0.05) is 37.5 Å². The molecule has 0 saturated heterocycles. The average Bonchev–Trinajstić information content (AvgIpc) is 2.73. The number of aromatic nitrogens is 2. The summed E-state index contributed by atoms with van der Waals surface area (Å²) in [6, 6.07) is 3.46.